The molecule has 1 aromatic rings. The van der Waals surface area contributed by atoms with E-state index < -0.39 is 5.60 Å². The Morgan fingerprint density at radius 3 is 2.52 bits per heavy atom. The summed E-state index contributed by atoms with van der Waals surface area (Å²) in [6.45, 7) is 17.6. The van der Waals surface area contributed by atoms with Crippen LogP contribution in [-0.2, 0) is 5.60 Å². The highest BCUT2D eigenvalue weighted by Crippen LogP contribution is 2.23. The van der Waals surface area contributed by atoms with E-state index >= 15 is 0 Å². The Kier molecular flexibility index (Phi) is 8.13. The zero-order chi connectivity index (χ0) is 19.9. The molecule has 0 amide bonds. The number of aliphatic hydroxyl groups is 1. The Bertz CT molecular complexity index is 591. The van der Waals surface area contributed by atoms with Crippen molar-refractivity contribution in [2.75, 3.05) is 52.4 Å². The summed E-state index contributed by atoms with van der Waals surface area (Å²) in [6, 6.07) is 4.10. The van der Waals surface area contributed by atoms with Crippen LogP contribution >= 0.6 is 0 Å². The van der Waals surface area contributed by atoms with Crippen LogP contribution in [-0.4, -0.2) is 79.3 Å². The van der Waals surface area contributed by atoms with Crippen LogP contribution in [0.1, 0.15) is 39.2 Å². The minimum absolute atomic E-state index is 0.235. The van der Waals surface area contributed by atoms with E-state index in [4.69, 9.17) is 4.42 Å². The molecule has 3 N–H and O–H groups in total. The van der Waals surface area contributed by atoms with Gasteiger partial charge in [0.05, 0.1) is 6.54 Å². The van der Waals surface area contributed by atoms with E-state index in [1.165, 1.54) is 0 Å². The molecule has 1 aliphatic rings. The molecule has 2 unspecified atom stereocenters. The Labute approximate surface area is 163 Å². The fraction of sp³-hybridized carbons (Fsp3) is 0.750. The number of guanidine groups is 1. The average molecular weight is 380 g/mol. The van der Waals surface area contributed by atoms with Crippen LogP contribution in [0.2, 0.25) is 0 Å². The van der Waals surface area contributed by atoms with Gasteiger partial charge in [0.2, 0.25) is 0 Å². The highest BCUT2D eigenvalue weighted by molar-refractivity contribution is 5.79. The van der Waals surface area contributed by atoms with Gasteiger partial charge in [0.15, 0.2) is 5.96 Å². The largest absolute Gasteiger partial charge is 0.463 e. The van der Waals surface area contributed by atoms with Gasteiger partial charge < -0.3 is 25.1 Å². The summed E-state index contributed by atoms with van der Waals surface area (Å²) in [5.74, 6) is 2.05. The zero-order valence-electron chi connectivity index (χ0n) is 17.6. The predicted molar refractivity (Wildman–Crippen MR) is 110 cm³/mol. The molecule has 7 heteroatoms. The van der Waals surface area contributed by atoms with Gasteiger partial charge in [0.1, 0.15) is 17.1 Å². The molecule has 1 aromatic heterocycles. The normalized spacial score (nSPS) is 20.3. The number of hydrogen-bond donors (Lipinski definition) is 3. The van der Waals surface area contributed by atoms with Crippen LogP contribution in [0.15, 0.2) is 21.5 Å². The van der Waals surface area contributed by atoms with Crippen molar-refractivity contribution in [3.05, 3.63) is 23.7 Å². The molecule has 27 heavy (non-hydrogen) atoms. The second-order valence-electron chi connectivity index (χ2n) is 7.58. The minimum atomic E-state index is -1.13. The van der Waals surface area contributed by atoms with E-state index in [1.54, 1.807) is 6.92 Å². The first kappa shape index (κ1) is 21.7. The van der Waals surface area contributed by atoms with Crippen molar-refractivity contribution in [2.45, 2.75) is 46.3 Å². The standard InChI is InChI=1S/C20H37N5O2/c1-6-21-19(23-15-20(5,26)18-9-8-17(4)27-18)22-14-16(3)25-12-10-24(7-2)11-13-25/h8-9,16,26H,6-7,10-15H2,1-5H3,(H2,21,22,23). The van der Waals surface area contributed by atoms with Crippen molar-refractivity contribution in [2.24, 2.45) is 4.99 Å². The summed E-state index contributed by atoms with van der Waals surface area (Å²) in [5, 5.41) is 17.3. The van der Waals surface area contributed by atoms with Crippen LogP contribution in [0, 0.1) is 6.92 Å². The summed E-state index contributed by atoms with van der Waals surface area (Å²) in [4.78, 5) is 9.58. The maximum absolute atomic E-state index is 10.7. The van der Waals surface area contributed by atoms with Gasteiger partial charge in [0, 0.05) is 45.3 Å². The lowest BCUT2D eigenvalue weighted by Crippen LogP contribution is -2.53. The quantitative estimate of drug-likeness (QED) is 0.468. The zero-order valence-corrected chi connectivity index (χ0v) is 17.6. The van der Waals surface area contributed by atoms with Crippen molar-refractivity contribution >= 4 is 5.96 Å². The van der Waals surface area contributed by atoms with E-state index in [9.17, 15) is 5.11 Å². The molecule has 0 bridgehead atoms. The minimum Gasteiger partial charge on any atom is -0.463 e. The third-order valence-electron chi connectivity index (χ3n) is 5.20. The molecule has 0 aromatic carbocycles. The van der Waals surface area contributed by atoms with Gasteiger partial charge >= 0.3 is 0 Å². The van der Waals surface area contributed by atoms with Gasteiger partial charge in [-0.15, -0.1) is 0 Å². The van der Waals surface area contributed by atoms with Crippen molar-refractivity contribution in [3.8, 4) is 0 Å². The van der Waals surface area contributed by atoms with Gasteiger partial charge in [-0.25, -0.2) is 4.99 Å². The lowest BCUT2D eigenvalue weighted by molar-refractivity contribution is 0.0428. The second-order valence-corrected chi connectivity index (χ2v) is 7.58. The number of rotatable bonds is 8. The van der Waals surface area contributed by atoms with Gasteiger partial charge in [-0.2, -0.15) is 0 Å². The third kappa shape index (κ3) is 6.52. The number of hydrogen-bond acceptors (Lipinski definition) is 5. The predicted octanol–water partition coefficient (Wildman–Crippen LogP) is 1.38. The average Bonchev–Trinajstić information content (AvgIpc) is 3.11. The second kappa shape index (κ2) is 10.1. The first-order valence-electron chi connectivity index (χ1n) is 10.1. The van der Waals surface area contributed by atoms with Crippen molar-refractivity contribution in [3.63, 3.8) is 0 Å². The fourth-order valence-electron chi connectivity index (χ4n) is 3.27. The highest BCUT2D eigenvalue weighted by atomic mass is 16.4. The Hall–Kier alpha value is -1.57. The molecule has 2 heterocycles. The summed E-state index contributed by atoms with van der Waals surface area (Å²) in [7, 11) is 0. The molecule has 7 nitrogen and oxygen atoms in total. The first-order chi connectivity index (χ1) is 12.9. The molecule has 1 saturated heterocycles. The molecular formula is C20H37N5O2. The van der Waals surface area contributed by atoms with E-state index in [-0.39, 0.29) is 6.54 Å². The summed E-state index contributed by atoms with van der Waals surface area (Å²) in [6.07, 6.45) is 0. The first-order valence-corrected chi connectivity index (χ1v) is 10.1. The van der Waals surface area contributed by atoms with E-state index in [0.717, 1.165) is 57.5 Å². The van der Waals surface area contributed by atoms with E-state index in [0.29, 0.717) is 11.8 Å². The van der Waals surface area contributed by atoms with E-state index in [2.05, 4.69) is 39.3 Å². The highest BCUT2D eigenvalue weighted by Gasteiger charge is 2.27. The summed E-state index contributed by atoms with van der Waals surface area (Å²) in [5.41, 5.74) is -1.13. The number of likely N-dealkylation sites (N-methyl/N-ethyl adjacent to an activating group) is 1. The number of nitrogens with zero attached hydrogens (tertiary/aromatic N) is 3. The summed E-state index contributed by atoms with van der Waals surface area (Å²) < 4.78 is 5.57. The molecule has 2 rings (SSSR count). The van der Waals surface area contributed by atoms with Gasteiger partial charge in [0.25, 0.3) is 0 Å². The monoisotopic (exact) mass is 379 g/mol. The van der Waals surface area contributed by atoms with Crippen molar-refractivity contribution < 1.29 is 9.52 Å². The number of aryl methyl sites for hydroxylation is 1. The smallest absolute Gasteiger partial charge is 0.191 e. The summed E-state index contributed by atoms with van der Waals surface area (Å²) >= 11 is 0. The lowest BCUT2D eigenvalue weighted by atomic mass is 10.0. The number of piperazine rings is 1. The SMILES string of the molecule is CCNC(=NCC(C)(O)c1ccc(C)o1)NCC(C)N1CCN(CC)CC1. The van der Waals surface area contributed by atoms with Crippen LogP contribution in [0.25, 0.3) is 0 Å². The topological polar surface area (TPSA) is 76.3 Å². The molecule has 2 atom stereocenters. The number of aliphatic imine (C=N–C) groups is 1. The van der Waals surface area contributed by atoms with Gasteiger partial charge in [-0.1, -0.05) is 6.92 Å². The Morgan fingerprint density at radius 1 is 1.26 bits per heavy atom. The van der Waals surface area contributed by atoms with Gasteiger partial charge in [-0.3, -0.25) is 4.90 Å². The molecule has 0 saturated carbocycles. The van der Waals surface area contributed by atoms with Crippen LogP contribution in [0.3, 0.4) is 0 Å². The molecule has 0 spiro atoms. The fourth-order valence-corrected chi connectivity index (χ4v) is 3.27. The lowest BCUT2D eigenvalue weighted by Gasteiger charge is -2.37. The van der Waals surface area contributed by atoms with Crippen molar-refractivity contribution in [1.29, 1.82) is 0 Å². The van der Waals surface area contributed by atoms with Crippen molar-refractivity contribution in [1.82, 2.24) is 20.4 Å². The van der Waals surface area contributed by atoms with Crippen LogP contribution in [0.4, 0.5) is 0 Å². The molecule has 154 valence electrons. The van der Waals surface area contributed by atoms with E-state index in [1.807, 2.05) is 26.0 Å². The third-order valence-corrected chi connectivity index (χ3v) is 5.20. The molecule has 0 aliphatic carbocycles. The maximum atomic E-state index is 10.7. The van der Waals surface area contributed by atoms with Crippen LogP contribution < -0.4 is 10.6 Å². The Balaban J connectivity index is 1.87. The number of furan rings is 1. The number of nitrogens with one attached hydrogen (secondary N) is 2. The van der Waals surface area contributed by atoms with Crippen LogP contribution in [0.5, 0.6) is 0 Å². The molecule has 0 radical (unpaired) electrons. The Morgan fingerprint density at radius 2 is 1.96 bits per heavy atom. The molecular weight excluding hydrogens is 342 g/mol. The molecule has 1 fully saturated rings. The maximum Gasteiger partial charge on any atom is 0.191 e. The van der Waals surface area contributed by atoms with Gasteiger partial charge in [-0.05, 0) is 46.4 Å². The molecule has 1 aliphatic heterocycles.